The van der Waals surface area contributed by atoms with Crippen molar-refractivity contribution < 1.29 is 34.2 Å². The Morgan fingerprint density at radius 3 is 2.20 bits per heavy atom. The molecular weight excluding hydrogens is 544 g/mol. The van der Waals surface area contributed by atoms with Crippen molar-refractivity contribution in [3.05, 3.63) is 36.0 Å². The molecule has 4 unspecified atom stereocenters. The van der Waals surface area contributed by atoms with Gasteiger partial charge >= 0.3 is 11.9 Å². The molecule has 218 valence electrons. The first-order chi connectivity index (χ1) is 18.9. The number of aromatic amines is 1. The highest BCUT2D eigenvalue weighted by molar-refractivity contribution is 7.80. The molecule has 0 spiro atoms. The second-order valence-corrected chi connectivity index (χ2v) is 9.29. The van der Waals surface area contributed by atoms with Crippen LogP contribution in [0.4, 0.5) is 0 Å². The van der Waals surface area contributed by atoms with Gasteiger partial charge in [-0.15, -0.1) is 0 Å². The van der Waals surface area contributed by atoms with Crippen molar-refractivity contribution in [2.45, 2.75) is 49.9 Å². The van der Waals surface area contributed by atoms with Gasteiger partial charge in [-0.1, -0.05) is 18.2 Å². The van der Waals surface area contributed by atoms with Crippen LogP contribution in [0, 0.1) is 0 Å². The van der Waals surface area contributed by atoms with E-state index in [1.807, 2.05) is 24.3 Å². The number of thiol groups is 1. The number of benzene rings is 1. The zero-order valence-corrected chi connectivity index (χ0v) is 22.4. The molecule has 16 heteroatoms. The lowest BCUT2D eigenvalue weighted by Gasteiger charge is -2.24. The highest BCUT2D eigenvalue weighted by atomic mass is 32.1. The number of nitrogens with two attached hydrogens (primary N) is 3. The van der Waals surface area contributed by atoms with Gasteiger partial charge in [-0.25, -0.2) is 4.79 Å². The van der Waals surface area contributed by atoms with E-state index >= 15 is 0 Å². The third kappa shape index (κ3) is 9.77. The lowest BCUT2D eigenvalue weighted by molar-refractivity contribution is -0.142. The monoisotopic (exact) mass is 578 g/mol. The lowest BCUT2D eigenvalue weighted by Crippen LogP contribution is -2.57. The minimum Gasteiger partial charge on any atom is -0.481 e. The van der Waals surface area contributed by atoms with E-state index in [0.717, 1.165) is 16.5 Å². The Morgan fingerprint density at radius 2 is 1.57 bits per heavy atom. The average Bonchev–Trinajstić information content (AvgIpc) is 3.30. The first-order valence-electron chi connectivity index (χ1n) is 12.3. The van der Waals surface area contributed by atoms with Gasteiger partial charge in [0.15, 0.2) is 5.96 Å². The number of nitrogens with zero attached hydrogens (tertiary/aromatic N) is 1. The minimum absolute atomic E-state index is 0.0267. The number of aliphatic carboxylic acids is 2. The van der Waals surface area contributed by atoms with Crippen LogP contribution in [0.15, 0.2) is 35.5 Å². The van der Waals surface area contributed by atoms with Gasteiger partial charge < -0.3 is 48.3 Å². The summed E-state index contributed by atoms with van der Waals surface area (Å²) in [5.74, 6) is -5.73. The fourth-order valence-corrected chi connectivity index (χ4v) is 4.04. The zero-order chi connectivity index (χ0) is 29.8. The molecule has 0 saturated heterocycles. The number of carbonyl (C=O) groups is 5. The SMILES string of the molecule is NC(N)=NCCCC(NC(=O)C(CC(=O)O)NC(=O)C(N)Cc1c[nH]c2ccccc12)C(=O)NC(CS)C(=O)O. The van der Waals surface area contributed by atoms with Crippen molar-refractivity contribution in [1.82, 2.24) is 20.9 Å². The van der Waals surface area contributed by atoms with E-state index in [0.29, 0.717) is 0 Å². The largest absolute Gasteiger partial charge is 0.481 e. The van der Waals surface area contributed by atoms with Gasteiger partial charge in [-0.3, -0.25) is 24.2 Å². The second-order valence-electron chi connectivity index (χ2n) is 8.92. The van der Waals surface area contributed by atoms with Crippen LogP contribution in [0.3, 0.4) is 0 Å². The van der Waals surface area contributed by atoms with Crippen LogP contribution in [0.1, 0.15) is 24.8 Å². The summed E-state index contributed by atoms with van der Waals surface area (Å²) in [5, 5.41) is 26.4. The highest BCUT2D eigenvalue weighted by Gasteiger charge is 2.31. The smallest absolute Gasteiger partial charge is 0.327 e. The van der Waals surface area contributed by atoms with Gasteiger partial charge in [0.1, 0.15) is 18.1 Å². The number of hydrogen-bond donors (Lipinski definition) is 10. The Kier molecular flexibility index (Phi) is 12.2. The molecule has 0 aliphatic rings. The summed E-state index contributed by atoms with van der Waals surface area (Å²) >= 11 is 3.90. The normalized spacial score (nSPS) is 13.8. The Morgan fingerprint density at radius 1 is 0.950 bits per heavy atom. The molecule has 0 radical (unpaired) electrons. The molecule has 4 atom stereocenters. The molecule has 0 fully saturated rings. The van der Waals surface area contributed by atoms with E-state index in [1.165, 1.54) is 0 Å². The molecule has 1 aromatic heterocycles. The van der Waals surface area contributed by atoms with E-state index < -0.39 is 60.2 Å². The van der Waals surface area contributed by atoms with E-state index in [-0.39, 0.29) is 37.5 Å². The Hall–Kier alpha value is -4.31. The predicted molar refractivity (Wildman–Crippen MR) is 149 cm³/mol. The molecule has 3 amide bonds. The molecule has 1 heterocycles. The van der Waals surface area contributed by atoms with E-state index in [1.54, 1.807) is 6.20 Å². The Balaban J connectivity index is 2.14. The van der Waals surface area contributed by atoms with Gasteiger partial charge in [0.05, 0.1) is 12.5 Å². The van der Waals surface area contributed by atoms with E-state index in [9.17, 15) is 34.2 Å². The standard InChI is InChI=1S/C24H34N8O7S/c25-14(8-12-10-29-15-5-2-1-4-13(12)15)20(35)31-17(9-19(33)34)22(37)30-16(6-3-7-28-24(26)27)21(36)32-18(11-40)23(38)39/h1-2,4-5,10,14,16-18,29,40H,3,6-9,11,25H2,(H,30,37)(H,31,35)(H,32,36)(H,33,34)(H,38,39)(H4,26,27,28). The van der Waals surface area contributed by atoms with Crippen LogP contribution in [-0.2, 0) is 30.4 Å². The molecule has 40 heavy (non-hydrogen) atoms. The van der Waals surface area contributed by atoms with Crippen molar-refractivity contribution in [2.75, 3.05) is 12.3 Å². The van der Waals surface area contributed by atoms with Crippen LogP contribution in [0.25, 0.3) is 10.9 Å². The van der Waals surface area contributed by atoms with Crippen LogP contribution >= 0.6 is 12.6 Å². The van der Waals surface area contributed by atoms with Crippen molar-refractivity contribution in [3.8, 4) is 0 Å². The molecule has 1 aromatic carbocycles. The molecule has 15 nitrogen and oxygen atoms in total. The summed E-state index contributed by atoms with van der Waals surface area (Å²) in [5.41, 5.74) is 18.3. The molecule has 0 saturated carbocycles. The van der Waals surface area contributed by atoms with Crippen molar-refractivity contribution in [1.29, 1.82) is 0 Å². The number of aliphatic imine (C=N–C) groups is 1. The number of fused-ring (bicyclic) bond motifs is 1. The average molecular weight is 579 g/mol. The van der Waals surface area contributed by atoms with Crippen LogP contribution in [-0.4, -0.2) is 87.3 Å². The van der Waals surface area contributed by atoms with E-state index in [2.05, 4.69) is 38.6 Å². The molecular formula is C24H34N8O7S. The number of guanidine groups is 1. The van der Waals surface area contributed by atoms with Gasteiger partial charge in [0.25, 0.3) is 0 Å². The van der Waals surface area contributed by atoms with Crippen molar-refractivity contribution >= 4 is 59.2 Å². The maximum absolute atomic E-state index is 13.1. The van der Waals surface area contributed by atoms with Crippen molar-refractivity contribution in [2.24, 2.45) is 22.2 Å². The van der Waals surface area contributed by atoms with Gasteiger partial charge in [-0.05, 0) is 30.9 Å². The molecule has 2 rings (SSSR count). The summed E-state index contributed by atoms with van der Waals surface area (Å²) in [4.78, 5) is 68.4. The molecule has 0 bridgehead atoms. The number of H-pyrrole nitrogens is 1. The molecule has 12 N–H and O–H groups in total. The molecule has 0 aliphatic heterocycles. The predicted octanol–water partition coefficient (Wildman–Crippen LogP) is -1.97. The number of aromatic nitrogens is 1. The summed E-state index contributed by atoms with van der Waals surface area (Å²) in [6.07, 6.45) is 1.20. The quantitative estimate of drug-likeness (QED) is 0.0454. The van der Waals surface area contributed by atoms with Gasteiger partial charge in [0.2, 0.25) is 17.7 Å². The maximum Gasteiger partial charge on any atom is 0.327 e. The van der Waals surface area contributed by atoms with Crippen molar-refractivity contribution in [3.63, 3.8) is 0 Å². The number of hydrogen-bond acceptors (Lipinski definition) is 8. The summed E-state index contributed by atoms with van der Waals surface area (Å²) < 4.78 is 0. The van der Waals surface area contributed by atoms with E-state index in [4.69, 9.17) is 17.2 Å². The lowest BCUT2D eigenvalue weighted by atomic mass is 10.0. The number of rotatable bonds is 16. The van der Waals surface area contributed by atoms with Crippen LogP contribution in [0.2, 0.25) is 0 Å². The number of nitrogens with one attached hydrogen (secondary N) is 4. The van der Waals surface area contributed by atoms with Crippen LogP contribution in [0.5, 0.6) is 0 Å². The summed E-state index contributed by atoms with van der Waals surface area (Å²) in [6.45, 7) is 0.106. The number of carbonyl (C=O) groups excluding carboxylic acids is 3. The van der Waals surface area contributed by atoms with Gasteiger partial charge in [0, 0.05) is 29.4 Å². The Bertz CT molecular complexity index is 1250. The third-order valence-corrected chi connectivity index (χ3v) is 6.20. The first-order valence-corrected chi connectivity index (χ1v) is 12.9. The fourth-order valence-electron chi connectivity index (χ4n) is 3.80. The zero-order valence-electron chi connectivity index (χ0n) is 21.5. The molecule has 2 aromatic rings. The number of carboxylic acid groups (broad SMARTS) is 2. The third-order valence-electron chi connectivity index (χ3n) is 5.84. The first kappa shape index (κ1) is 31.9. The minimum atomic E-state index is -1.58. The molecule has 0 aliphatic carbocycles. The second kappa shape index (κ2) is 15.3. The number of amides is 3. The topological polar surface area (TPSA) is 268 Å². The van der Waals surface area contributed by atoms with Crippen LogP contribution < -0.4 is 33.2 Å². The maximum atomic E-state index is 13.1. The summed E-state index contributed by atoms with van der Waals surface area (Å²) in [6, 6.07) is 2.06. The number of carboxylic acids is 2. The van der Waals surface area contributed by atoms with Gasteiger partial charge in [-0.2, -0.15) is 12.6 Å². The number of para-hydroxylation sites is 1. The summed E-state index contributed by atoms with van der Waals surface area (Å²) in [7, 11) is 0. The fraction of sp³-hybridized carbons (Fsp3) is 0.417. The highest BCUT2D eigenvalue weighted by Crippen LogP contribution is 2.18. The Labute approximate surface area is 234 Å².